The van der Waals surface area contributed by atoms with Gasteiger partial charge in [-0.1, -0.05) is 31.5 Å². The first-order valence-electron chi connectivity index (χ1n) is 7.99. The third-order valence-corrected chi connectivity index (χ3v) is 4.33. The lowest BCUT2D eigenvalue weighted by Gasteiger charge is -2.38. The Kier molecular flexibility index (Phi) is 6.09. The van der Waals surface area contributed by atoms with Gasteiger partial charge >= 0.3 is 0 Å². The molecule has 1 aromatic rings. The SMILES string of the molecule is CC(C)CNC(=O)C(C)N1CCN(c2cccc(Cl)c2)CC1. The minimum absolute atomic E-state index is 0.0692. The number of benzene rings is 1. The van der Waals surface area contributed by atoms with E-state index < -0.39 is 0 Å². The van der Waals surface area contributed by atoms with E-state index in [1.54, 1.807) is 0 Å². The molecule has 1 aliphatic rings. The highest BCUT2D eigenvalue weighted by Gasteiger charge is 2.25. The number of amides is 1. The van der Waals surface area contributed by atoms with E-state index in [0.717, 1.165) is 43.4 Å². The Bertz CT molecular complexity index is 498. The second-order valence-electron chi connectivity index (χ2n) is 6.32. The van der Waals surface area contributed by atoms with Crippen LogP contribution in [0.2, 0.25) is 5.02 Å². The van der Waals surface area contributed by atoms with Gasteiger partial charge in [-0.05, 0) is 31.0 Å². The van der Waals surface area contributed by atoms with Crippen LogP contribution in [0.15, 0.2) is 24.3 Å². The second-order valence-corrected chi connectivity index (χ2v) is 6.75. The number of halogens is 1. The van der Waals surface area contributed by atoms with E-state index in [4.69, 9.17) is 11.6 Å². The first-order chi connectivity index (χ1) is 10.5. The lowest BCUT2D eigenvalue weighted by molar-refractivity contribution is -0.126. The van der Waals surface area contributed by atoms with Gasteiger partial charge in [-0.25, -0.2) is 0 Å². The lowest BCUT2D eigenvalue weighted by atomic mass is 10.1. The highest BCUT2D eigenvalue weighted by Crippen LogP contribution is 2.21. The van der Waals surface area contributed by atoms with Crippen molar-refractivity contribution in [3.63, 3.8) is 0 Å². The average Bonchev–Trinajstić information content (AvgIpc) is 2.52. The minimum atomic E-state index is -0.0692. The molecule has 4 nitrogen and oxygen atoms in total. The van der Waals surface area contributed by atoms with E-state index in [2.05, 4.69) is 35.0 Å². The quantitative estimate of drug-likeness (QED) is 0.905. The molecule has 0 aliphatic carbocycles. The minimum Gasteiger partial charge on any atom is -0.369 e. The zero-order valence-electron chi connectivity index (χ0n) is 13.7. The highest BCUT2D eigenvalue weighted by atomic mass is 35.5. The molecule has 1 aliphatic heterocycles. The summed E-state index contributed by atoms with van der Waals surface area (Å²) < 4.78 is 0. The van der Waals surface area contributed by atoms with Crippen molar-refractivity contribution in [3.05, 3.63) is 29.3 Å². The van der Waals surface area contributed by atoms with E-state index in [0.29, 0.717) is 5.92 Å². The van der Waals surface area contributed by atoms with Gasteiger partial charge < -0.3 is 10.2 Å². The molecule has 122 valence electrons. The average molecular weight is 324 g/mol. The lowest BCUT2D eigenvalue weighted by Crippen LogP contribution is -2.54. The van der Waals surface area contributed by atoms with Crippen molar-refractivity contribution in [1.82, 2.24) is 10.2 Å². The summed E-state index contributed by atoms with van der Waals surface area (Å²) in [5, 5.41) is 3.78. The summed E-state index contributed by atoms with van der Waals surface area (Å²) in [6.45, 7) is 10.6. The first-order valence-corrected chi connectivity index (χ1v) is 8.37. The van der Waals surface area contributed by atoms with Gasteiger partial charge in [-0.3, -0.25) is 9.69 Å². The van der Waals surface area contributed by atoms with Crippen LogP contribution in [0.1, 0.15) is 20.8 Å². The van der Waals surface area contributed by atoms with Crippen LogP contribution >= 0.6 is 11.6 Å². The zero-order valence-corrected chi connectivity index (χ0v) is 14.4. The number of nitrogens with one attached hydrogen (secondary N) is 1. The topological polar surface area (TPSA) is 35.6 Å². The van der Waals surface area contributed by atoms with E-state index in [9.17, 15) is 4.79 Å². The summed E-state index contributed by atoms with van der Waals surface area (Å²) in [4.78, 5) is 16.7. The van der Waals surface area contributed by atoms with Gasteiger partial charge in [0, 0.05) is 43.4 Å². The molecule has 1 amide bonds. The molecule has 0 spiro atoms. The molecule has 0 aromatic heterocycles. The van der Waals surface area contributed by atoms with Crippen LogP contribution in [0.25, 0.3) is 0 Å². The summed E-state index contributed by atoms with van der Waals surface area (Å²) in [7, 11) is 0. The normalized spacial score (nSPS) is 17.6. The van der Waals surface area contributed by atoms with Crippen LogP contribution in [-0.4, -0.2) is 49.6 Å². The third kappa shape index (κ3) is 4.62. The van der Waals surface area contributed by atoms with Gasteiger partial charge in [-0.2, -0.15) is 0 Å². The summed E-state index contributed by atoms with van der Waals surface area (Å²) in [5.74, 6) is 0.612. The predicted octanol–water partition coefficient (Wildman–Crippen LogP) is 2.62. The van der Waals surface area contributed by atoms with E-state index >= 15 is 0 Å². The number of anilines is 1. The maximum atomic E-state index is 12.2. The molecule has 2 rings (SSSR count). The molecule has 1 heterocycles. The van der Waals surface area contributed by atoms with Crippen LogP contribution in [-0.2, 0) is 4.79 Å². The standard InChI is InChI=1S/C17H26ClN3O/c1-13(2)12-19-17(22)14(3)20-7-9-21(10-8-20)16-6-4-5-15(18)11-16/h4-6,11,13-14H,7-10,12H2,1-3H3,(H,19,22). The van der Waals surface area contributed by atoms with Gasteiger partial charge in [0.25, 0.3) is 0 Å². The Balaban J connectivity index is 1.85. The Labute approximate surface area is 138 Å². The van der Waals surface area contributed by atoms with Crippen molar-refractivity contribution >= 4 is 23.2 Å². The van der Waals surface area contributed by atoms with Crippen molar-refractivity contribution in [2.45, 2.75) is 26.8 Å². The Morgan fingerprint density at radius 3 is 2.50 bits per heavy atom. The van der Waals surface area contributed by atoms with E-state index in [1.807, 2.05) is 25.1 Å². The maximum Gasteiger partial charge on any atom is 0.237 e. The molecule has 0 saturated carbocycles. The molecule has 1 fully saturated rings. The van der Waals surface area contributed by atoms with Gasteiger partial charge in [0.2, 0.25) is 5.91 Å². The fourth-order valence-corrected chi connectivity index (χ4v) is 2.84. The van der Waals surface area contributed by atoms with Gasteiger partial charge in [0.05, 0.1) is 6.04 Å². The largest absolute Gasteiger partial charge is 0.369 e. The fourth-order valence-electron chi connectivity index (χ4n) is 2.66. The Hall–Kier alpha value is -1.26. The molecular formula is C17H26ClN3O. The molecule has 1 N–H and O–H groups in total. The van der Waals surface area contributed by atoms with Gasteiger partial charge in [0.1, 0.15) is 0 Å². The number of nitrogens with zero attached hydrogens (tertiary/aromatic N) is 2. The Morgan fingerprint density at radius 1 is 1.23 bits per heavy atom. The number of carbonyl (C=O) groups excluding carboxylic acids is 1. The summed E-state index contributed by atoms with van der Waals surface area (Å²) >= 11 is 6.05. The number of hydrogen-bond acceptors (Lipinski definition) is 3. The summed E-state index contributed by atoms with van der Waals surface area (Å²) in [6, 6.07) is 7.88. The highest BCUT2D eigenvalue weighted by molar-refractivity contribution is 6.30. The monoisotopic (exact) mass is 323 g/mol. The van der Waals surface area contributed by atoms with Crippen molar-refractivity contribution in [2.75, 3.05) is 37.6 Å². The van der Waals surface area contributed by atoms with Crippen molar-refractivity contribution in [2.24, 2.45) is 5.92 Å². The molecule has 0 radical (unpaired) electrons. The zero-order chi connectivity index (χ0) is 16.1. The molecular weight excluding hydrogens is 298 g/mol. The predicted molar refractivity (Wildman–Crippen MR) is 92.5 cm³/mol. The van der Waals surface area contributed by atoms with Crippen molar-refractivity contribution in [3.8, 4) is 0 Å². The summed E-state index contributed by atoms with van der Waals surface area (Å²) in [6.07, 6.45) is 0. The van der Waals surface area contributed by atoms with Crippen LogP contribution in [0.5, 0.6) is 0 Å². The number of rotatable bonds is 5. The van der Waals surface area contributed by atoms with Crippen LogP contribution < -0.4 is 10.2 Å². The second kappa shape index (κ2) is 7.84. The maximum absolute atomic E-state index is 12.2. The number of piperazine rings is 1. The van der Waals surface area contributed by atoms with Crippen molar-refractivity contribution < 1.29 is 4.79 Å². The molecule has 0 bridgehead atoms. The smallest absolute Gasteiger partial charge is 0.237 e. The molecule has 1 unspecified atom stereocenters. The number of hydrogen-bond donors (Lipinski definition) is 1. The summed E-state index contributed by atoms with van der Waals surface area (Å²) in [5.41, 5.74) is 1.16. The third-order valence-electron chi connectivity index (χ3n) is 4.10. The molecule has 1 saturated heterocycles. The Morgan fingerprint density at radius 2 is 1.91 bits per heavy atom. The molecule has 5 heteroatoms. The van der Waals surface area contributed by atoms with E-state index in [-0.39, 0.29) is 11.9 Å². The van der Waals surface area contributed by atoms with Gasteiger partial charge in [0.15, 0.2) is 0 Å². The molecule has 1 atom stereocenters. The van der Waals surface area contributed by atoms with Crippen LogP contribution in [0, 0.1) is 5.92 Å². The van der Waals surface area contributed by atoms with Crippen molar-refractivity contribution in [1.29, 1.82) is 0 Å². The van der Waals surface area contributed by atoms with Crippen LogP contribution in [0.4, 0.5) is 5.69 Å². The molecule has 22 heavy (non-hydrogen) atoms. The van der Waals surface area contributed by atoms with Crippen LogP contribution in [0.3, 0.4) is 0 Å². The molecule has 1 aromatic carbocycles. The first kappa shape index (κ1) is 17.1. The van der Waals surface area contributed by atoms with E-state index in [1.165, 1.54) is 0 Å². The number of carbonyl (C=O) groups is 1. The fraction of sp³-hybridized carbons (Fsp3) is 0.588. The van der Waals surface area contributed by atoms with Gasteiger partial charge in [-0.15, -0.1) is 0 Å².